The molecule has 10 heteroatoms. The maximum atomic E-state index is 8.89. The number of nitrogens with two attached hydrogens (primary N) is 4. The van der Waals surface area contributed by atoms with Crippen molar-refractivity contribution in [1.82, 2.24) is 0 Å². The molecule has 0 unspecified atom stereocenters. The Hall–Kier alpha value is 2.05. The van der Waals surface area contributed by atoms with Gasteiger partial charge in [-0.2, -0.15) is 0 Å². The Morgan fingerprint density at radius 2 is 0.778 bits per heavy atom. The average molecular weight is 316 g/mol. The molecule has 0 rings (SSSR count). The summed E-state index contributed by atoms with van der Waals surface area (Å²) in [4.78, 5) is 17.8. The first-order chi connectivity index (χ1) is 7.29. The summed E-state index contributed by atoms with van der Waals surface area (Å²) in [5, 5.41) is 17.8. The molecule has 0 aliphatic rings. The van der Waals surface area contributed by atoms with Crippen LogP contribution in [0.3, 0.4) is 0 Å². The predicted octanol–water partition coefficient (Wildman–Crippen LogP) is -10.7. The molecule has 0 bridgehead atoms. The van der Waals surface area contributed by atoms with Gasteiger partial charge in [-0.15, -0.1) is 0 Å². The molecule has 0 aliphatic heterocycles. The molecule has 0 atom stereocenters. The molecule has 0 aromatic heterocycles. The molecule has 0 amide bonds. The second-order valence-corrected chi connectivity index (χ2v) is 2.14. The Morgan fingerprint density at radius 1 is 0.722 bits per heavy atom. The molecule has 0 saturated carbocycles. The molecular weight excluding hydrogens is 294 g/mol. The van der Waals surface area contributed by atoms with Crippen LogP contribution < -0.4 is 136 Å². The summed E-state index contributed by atoms with van der Waals surface area (Å²) >= 11 is 0. The quantitative estimate of drug-likeness (QED) is 0.362. The Kier molecular flexibility index (Phi) is 87.5. The van der Waals surface area contributed by atoms with Crippen LogP contribution in [-0.2, 0) is 9.59 Å². The Morgan fingerprint density at radius 3 is 0.778 bits per heavy atom. The van der Waals surface area contributed by atoms with Crippen molar-refractivity contribution in [2.45, 2.75) is 13.8 Å². The second kappa shape index (κ2) is 42.7. The number of carboxylic acid groups (broad SMARTS) is 2. The van der Waals surface area contributed by atoms with Gasteiger partial charge in [0.05, 0.1) is 0 Å². The summed E-state index contributed by atoms with van der Waals surface area (Å²) in [6.07, 6.45) is 0. The van der Waals surface area contributed by atoms with Crippen LogP contribution in [0.4, 0.5) is 0 Å². The molecule has 0 radical (unpaired) electrons. The third kappa shape index (κ3) is 320. The van der Waals surface area contributed by atoms with Crippen LogP contribution in [0.1, 0.15) is 13.8 Å². The van der Waals surface area contributed by atoms with Gasteiger partial charge in [-0.3, -0.25) is 0 Å². The summed E-state index contributed by atoms with van der Waals surface area (Å²) in [7, 11) is 0. The van der Waals surface area contributed by atoms with E-state index >= 15 is 0 Å². The third-order valence-electron chi connectivity index (χ3n) is 0.333. The molecule has 0 aromatic carbocycles. The molecule has 8 N–H and O–H groups in total. The van der Waals surface area contributed by atoms with Gasteiger partial charge in [-0.25, -0.2) is 0 Å². The van der Waals surface area contributed by atoms with Crippen LogP contribution in [0.2, 0.25) is 0 Å². The first-order valence-electron chi connectivity index (χ1n) is 4.45. The van der Waals surface area contributed by atoms with Crippen LogP contribution in [-0.4, -0.2) is 38.1 Å². The Balaban J connectivity index is -0.0000000257. The van der Waals surface area contributed by atoms with Gasteiger partial charge < -0.3 is 42.7 Å². The zero-order chi connectivity index (χ0) is 14.0. The Labute approximate surface area is 193 Å². The number of aliphatic carboxylic acids is 2. The van der Waals surface area contributed by atoms with Crippen LogP contribution in [0.25, 0.3) is 0 Å². The number of carbonyl (C=O) groups is 2. The number of hydrogen-bond donors (Lipinski definition) is 4. The molecule has 18 heavy (non-hydrogen) atoms. The van der Waals surface area contributed by atoms with E-state index < -0.39 is 11.9 Å². The summed E-state index contributed by atoms with van der Waals surface area (Å²) in [6, 6.07) is 0. The number of carboxylic acids is 2. The number of carbonyl (C=O) groups excluding carboxylic acids is 2. The first kappa shape index (κ1) is 36.9. The maximum Gasteiger partial charge on any atom is 1.00 e. The largest absolute Gasteiger partial charge is 1.00 e. The van der Waals surface area contributed by atoms with Gasteiger partial charge in [0.1, 0.15) is 0 Å². The van der Waals surface area contributed by atoms with Crippen molar-refractivity contribution in [3.8, 4) is 0 Å². The molecule has 0 aromatic rings. The zero-order valence-corrected chi connectivity index (χ0v) is 18.0. The summed E-state index contributed by atoms with van der Waals surface area (Å²) < 4.78 is 0. The van der Waals surface area contributed by atoms with E-state index in [1.807, 2.05) is 0 Å². The van der Waals surface area contributed by atoms with Crippen LogP contribution in [0, 0.1) is 0 Å². The van der Waals surface area contributed by atoms with Crippen molar-refractivity contribution < 1.29 is 123 Å². The van der Waals surface area contributed by atoms with Gasteiger partial charge in [-0.05, 0) is 13.8 Å². The minimum Gasteiger partial charge on any atom is -0.550 e. The first-order valence-corrected chi connectivity index (χ1v) is 4.45. The van der Waals surface area contributed by atoms with Gasteiger partial charge in [0.25, 0.3) is 0 Å². The van der Waals surface area contributed by atoms with Gasteiger partial charge in [0, 0.05) is 38.1 Å². The summed E-state index contributed by atoms with van der Waals surface area (Å²) in [5.41, 5.74) is 19.6. The van der Waals surface area contributed by atoms with Gasteiger partial charge in [0.2, 0.25) is 0 Å². The van der Waals surface area contributed by atoms with Crippen molar-refractivity contribution in [1.29, 1.82) is 0 Å². The maximum absolute atomic E-state index is 8.89. The molecule has 0 spiro atoms. The topological polar surface area (TPSA) is 184 Å². The van der Waals surface area contributed by atoms with Crippen molar-refractivity contribution in [3.05, 3.63) is 0 Å². The van der Waals surface area contributed by atoms with E-state index in [4.69, 9.17) is 42.7 Å². The molecule has 8 nitrogen and oxygen atoms in total. The van der Waals surface area contributed by atoms with Gasteiger partial charge in [0.15, 0.2) is 0 Å². The van der Waals surface area contributed by atoms with Crippen LogP contribution in [0.5, 0.6) is 0 Å². The van der Waals surface area contributed by atoms with E-state index in [9.17, 15) is 0 Å². The minimum absolute atomic E-state index is 0. The minimum atomic E-state index is -1.08. The van der Waals surface area contributed by atoms with E-state index in [1.165, 1.54) is 0 Å². The predicted molar refractivity (Wildman–Crippen MR) is 57.6 cm³/mol. The van der Waals surface area contributed by atoms with Crippen LogP contribution in [0.15, 0.2) is 0 Å². The molecular formula is C8H22K2N4O4. The van der Waals surface area contributed by atoms with E-state index in [2.05, 4.69) is 0 Å². The molecule has 0 saturated heterocycles. The molecule has 100 valence electrons. The normalized spacial score (nSPS) is 6.11. The SMILES string of the molecule is CC(=O)[O-].CC(=O)[O-].NCCN.NCCN.[K+].[K+]. The standard InChI is InChI=1S/2C2H8N2.2C2H4O2.2K/c2*3-1-2-4;2*1-2(3)4;;/h2*1-4H2;2*1H3,(H,3,4);;/q;;;;2*+1/p-2. The second-order valence-electron chi connectivity index (χ2n) is 2.14. The van der Waals surface area contributed by atoms with Gasteiger partial charge in [-0.1, -0.05) is 0 Å². The zero-order valence-electron chi connectivity index (χ0n) is 11.8. The number of rotatable bonds is 2. The summed E-state index contributed by atoms with van der Waals surface area (Å²) in [6.45, 7) is 4.33. The van der Waals surface area contributed by atoms with E-state index in [0.717, 1.165) is 13.8 Å². The fraction of sp³-hybridized carbons (Fsp3) is 0.750. The van der Waals surface area contributed by atoms with Crippen molar-refractivity contribution in [2.24, 2.45) is 22.9 Å². The fourth-order valence-corrected chi connectivity index (χ4v) is 0. The van der Waals surface area contributed by atoms with Crippen molar-refractivity contribution in [2.75, 3.05) is 26.2 Å². The summed E-state index contributed by atoms with van der Waals surface area (Å²) in [5.74, 6) is -2.17. The molecule has 0 heterocycles. The fourth-order valence-electron chi connectivity index (χ4n) is 0. The monoisotopic (exact) mass is 316 g/mol. The molecule has 0 fully saturated rings. The van der Waals surface area contributed by atoms with E-state index in [-0.39, 0.29) is 103 Å². The van der Waals surface area contributed by atoms with Crippen LogP contribution >= 0.6 is 0 Å². The smallest absolute Gasteiger partial charge is 0.550 e. The van der Waals surface area contributed by atoms with Crippen molar-refractivity contribution >= 4 is 11.9 Å². The van der Waals surface area contributed by atoms with E-state index in [0.29, 0.717) is 26.2 Å². The third-order valence-corrected chi connectivity index (χ3v) is 0.333. The Bertz CT molecular complexity index is 125. The van der Waals surface area contributed by atoms with E-state index in [1.54, 1.807) is 0 Å². The van der Waals surface area contributed by atoms with Crippen molar-refractivity contribution in [3.63, 3.8) is 0 Å². The van der Waals surface area contributed by atoms with Gasteiger partial charge >= 0.3 is 103 Å². The molecule has 0 aliphatic carbocycles. The number of hydrogen-bond acceptors (Lipinski definition) is 8. The average Bonchev–Trinajstić information content (AvgIpc) is 2.16.